The van der Waals surface area contributed by atoms with E-state index in [4.69, 9.17) is 0 Å². The molecule has 0 bridgehead atoms. The lowest BCUT2D eigenvalue weighted by Gasteiger charge is -2.42. The van der Waals surface area contributed by atoms with Crippen LogP contribution in [0, 0.1) is 31.6 Å². The van der Waals surface area contributed by atoms with Crippen molar-refractivity contribution in [1.82, 2.24) is 0 Å². The Morgan fingerprint density at radius 3 is 2.35 bits per heavy atom. The monoisotopic (exact) mass is 601 g/mol. The molecule has 6 rings (SSSR count). The number of Topliss-reactive ketones (excluding diaryl/α,β-unsaturated/α-hetero) is 1. The van der Waals surface area contributed by atoms with E-state index in [1.54, 1.807) is 38.1 Å². The van der Waals surface area contributed by atoms with Crippen LogP contribution in [0.4, 0.5) is 5.69 Å². The quantitative estimate of drug-likeness (QED) is 0.213. The van der Waals surface area contributed by atoms with Crippen LogP contribution in [0.3, 0.4) is 0 Å². The Bertz CT molecular complexity index is 1620. The van der Waals surface area contributed by atoms with Crippen molar-refractivity contribution in [3.8, 4) is 5.75 Å². The summed E-state index contributed by atoms with van der Waals surface area (Å²) in [5.41, 5.74) is 3.92. The van der Waals surface area contributed by atoms with Gasteiger partial charge in [0.05, 0.1) is 22.0 Å². The number of carbonyl (C=O) groups is 4. The molecule has 0 aromatic heterocycles. The van der Waals surface area contributed by atoms with Gasteiger partial charge in [-0.05, 0) is 82.8 Å². The highest BCUT2D eigenvalue weighted by Gasteiger charge is 2.56. The Hall–Kier alpha value is -3.60. The molecule has 4 unspecified atom stereocenters. The number of phenols is 1. The number of anilines is 1. The first kappa shape index (κ1) is 26.6. The molecule has 3 aliphatic carbocycles. The summed E-state index contributed by atoms with van der Waals surface area (Å²) in [4.78, 5) is 55.5. The van der Waals surface area contributed by atoms with Gasteiger partial charge in [-0.3, -0.25) is 24.1 Å². The summed E-state index contributed by atoms with van der Waals surface area (Å²) in [6.07, 6.45) is 3.65. The number of rotatable bonds is 3. The molecule has 2 aromatic rings. The molecule has 4 aliphatic rings. The van der Waals surface area contributed by atoms with Crippen LogP contribution in [-0.2, 0) is 19.2 Å². The fourth-order valence-electron chi connectivity index (χ4n) is 6.82. The fourth-order valence-corrected chi connectivity index (χ4v) is 7.27. The van der Waals surface area contributed by atoms with Crippen molar-refractivity contribution >= 4 is 57.6 Å². The molecular weight excluding hydrogens is 577 g/mol. The predicted molar refractivity (Wildman–Crippen MR) is 151 cm³/mol. The van der Waals surface area contributed by atoms with E-state index < -0.39 is 36.7 Å². The van der Waals surface area contributed by atoms with E-state index in [9.17, 15) is 34.3 Å². The van der Waals surface area contributed by atoms with Crippen LogP contribution < -0.4 is 10.4 Å². The van der Waals surface area contributed by atoms with Gasteiger partial charge in [0.2, 0.25) is 11.8 Å². The Kier molecular flexibility index (Phi) is 6.32. The first-order chi connectivity index (χ1) is 19.0. The minimum absolute atomic E-state index is 0.144. The van der Waals surface area contributed by atoms with E-state index in [0.29, 0.717) is 22.3 Å². The van der Waals surface area contributed by atoms with Crippen molar-refractivity contribution in [3.05, 3.63) is 86.4 Å². The zero-order chi connectivity index (χ0) is 28.6. The van der Waals surface area contributed by atoms with Crippen LogP contribution in [0.15, 0.2) is 69.8 Å². The Labute approximate surface area is 239 Å². The highest BCUT2D eigenvalue weighted by atomic mass is 79.9. The van der Waals surface area contributed by atoms with Gasteiger partial charge in [0.15, 0.2) is 11.6 Å². The summed E-state index contributed by atoms with van der Waals surface area (Å²) >= 11 is 3.23. The number of aryl methyl sites for hydroxylation is 2. The average molecular weight is 602 g/mol. The van der Waals surface area contributed by atoms with E-state index >= 15 is 0 Å². The molecule has 0 saturated carbocycles. The fraction of sp³-hybridized carbons (Fsp3) is 0.267. The highest BCUT2D eigenvalue weighted by Crippen LogP contribution is 2.56. The number of hydrogen-bond acceptors (Lipinski definition) is 7. The molecule has 202 valence electrons. The van der Waals surface area contributed by atoms with Crippen molar-refractivity contribution < 1.29 is 34.3 Å². The van der Waals surface area contributed by atoms with E-state index in [0.717, 1.165) is 16.0 Å². The second kappa shape index (κ2) is 9.50. The summed E-state index contributed by atoms with van der Waals surface area (Å²) in [5.74, 6) is -3.75. The maximum atomic E-state index is 14.0. The molecular formula is C30H25BBrNO7. The maximum absolute atomic E-state index is 14.0. The van der Waals surface area contributed by atoms with Crippen molar-refractivity contribution in [1.29, 1.82) is 0 Å². The molecule has 1 saturated heterocycles. The van der Waals surface area contributed by atoms with E-state index in [1.165, 1.54) is 18.2 Å². The number of benzene rings is 2. The number of ketones is 2. The minimum atomic E-state index is -1.76. The lowest BCUT2D eigenvalue weighted by Crippen LogP contribution is -2.39. The second-order valence-electron chi connectivity index (χ2n) is 10.9. The standard InChI is InChI=1S/C30H25BBrNO7/c1-13-8-15(9-14(2)27(13)35)24-18-6-7-19-25(20(18)11-21-26(24)23(34)12-22(32)28(21)36)30(38)33(29(19)37)17-5-3-4-16(10-17)31(39)40/h3-6,8-10,12,19-20,24-25,35,39-40H,7,11H2,1-2H3. The second-order valence-corrected chi connectivity index (χ2v) is 11.7. The molecule has 2 amide bonds. The van der Waals surface area contributed by atoms with Gasteiger partial charge >= 0.3 is 7.12 Å². The van der Waals surface area contributed by atoms with Crippen molar-refractivity contribution in [2.45, 2.75) is 32.6 Å². The largest absolute Gasteiger partial charge is 0.507 e. The van der Waals surface area contributed by atoms with Crippen molar-refractivity contribution in [2.75, 3.05) is 4.90 Å². The van der Waals surface area contributed by atoms with E-state index in [1.807, 2.05) is 6.08 Å². The summed E-state index contributed by atoms with van der Waals surface area (Å²) in [6, 6.07) is 9.63. The van der Waals surface area contributed by atoms with Crippen molar-refractivity contribution in [3.63, 3.8) is 0 Å². The highest BCUT2D eigenvalue weighted by molar-refractivity contribution is 9.12. The first-order valence-corrected chi connectivity index (χ1v) is 13.8. The lowest BCUT2D eigenvalue weighted by molar-refractivity contribution is -0.123. The van der Waals surface area contributed by atoms with E-state index in [2.05, 4.69) is 15.9 Å². The number of halogens is 1. The van der Waals surface area contributed by atoms with Gasteiger partial charge < -0.3 is 15.2 Å². The number of carbonyl (C=O) groups excluding carboxylic acids is 4. The summed E-state index contributed by atoms with van der Waals surface area (Å²) in [6.45, 7) is 3.54. The SMILES string of the molecule is Cc1cc(C2C3=CCC4C(=O)N(c5cccc(B(O)O)c5)C(=O)C4C3CC3=C2C(=O)C=C(Br)C3=O)cc(C)c1O. The van der Waals surface area contributed by atoms with Crippen LogP contribution in [0.1, 0.15) is 35.4 Å². The third kappa shape index (κ3) is 3.89. The molecule has 1 heterocycles. The molecule has 4 atom stereocenters. The molecule has 10 heteroatoms. The number of allylic oxidation sites excluding steroid dienone is 6. The summed E-state index contributed by atoms with van der Waals surface area (Å²) < 4.78 is 0.155. The number of phenolic OH excluding ortho intramolecular Hbond substituents is 1. The van der Waals surface area contributed by atoms with Gasteiger partial charge in [-0.25, -0.2) is 0 Å². The van der Waals surface area contributed by atoms with Gasteiger partial charge in [0.25, 0.3) is 0 Å². The van der Waals surface area contributed by atoms with Crippen LogP contribution in [-0.4, -0.2) is 45.7 Å². The molecule has 3 N–H and O–H groups in total. The Morgan fingerprint density at radius 2 is 1.68 bits per heavy atom. The van der Waals surface area contributed by atoms with Crippen LogP contribution in [0.2, 0.25) is 0 Å². The first-order valence-electron chi connectivity index (χ1n) is 13.0. The van der Waals surface area contributed by atoms with Gasteiger partial charge in [0, 0.05) is 23.1 Å². The minimum Gasteiger partial charge on any atom is -0.507 e. The Balaban J connectivity index is 1.49. The Morgan fingerprint density at radius 1 is 0.975 bits per heavy atom. The number of fused-ring (bicyclic) bond motifs is 3. The number of hydrogen-bond donors (Lipinski definition) is 3. The third-order valence-electron chi connectivity index (χ3n) is 8.60. The molecule has 1 aliphatic heterocycles. The lowest BCUT2D eigenvalue weighted by atomic mass is 9.59. The zero-order valence-corrected chi connectivity index (χ0v) is 23.3. The summed E-state index contributed by atoms with van der Waals surface area (Å²) in [7, 11) is -1.76. The summed E-state index contributed by atoms with van der Waals surface area (Å²) in [5, 5.41) is 29.7. The van der Waals surface area contributed by atoms with Crippen LogP contribution in [0.5, 0.6) is 5.75 Å². The van der Waals surface area contributed by atoms with Crippen molar-refractivity contribution in [2.24, 2.45) is 17.8 Å². The van der Waals surface area contributed by atoms with Gasteiger partial charge in [-0.2, -0.15) is 0 Å². The maximum Gasteiger partial charge on any atom is 0.488 e. The number of aromatic hydroxyl groups is 1. The van der Waals surface area contributed by atoms with Crippen LogP contribution in [0.25, 0.3) is 0 Å². The van der Waals surface area contributed by atoms with Gasteiger partial charge in [-0.1, -0.05) is 35.9 Å². The number of imide groups is 1. The molecule has 2 aromatic carbocycles. The molecule has 0 spiro atoms. The third-order valence-corrected chi connectivity index (χ3v) is 9.19. The van der Waals surface area contributed by atoms with Gasteiger partial charge in [-0.15, -0.1) is 0 Å². The van der Waals surface area contributed by atoms with Crippen LogP contribution >= 0.6 is 15.9 Å². The molecule has 40 heavy (non-hydrogen) atoms. The topological polar surface area (TPSA) is 132 Å². The average Bonchev–Trinajstić information content (AvgIpc) is 3.18. The molecule has 0 radical (unpaired) electrons. The van der Waals surface area contributed by atoms with E-state index in [-0.39, 0.29) is 51.7 Å². The molecule has 8 nitrogen and oxygen atoms in total. The zero-order valence-electron chi connectivity index (χ0n) is 21.7. The van der Waals surface area contributed by atoms with Gasteiger partial charge in [0.1, 0.15) is 5.75 Å². The normalized spacial score (nSPS) is 25.9. The molecule has 1 fully saturated rings. The number of nitrogens with zero attached hydrogens (tertiary/aromatic N) is 1. The predicted octanol–water partition coefficient (Wildman–Crippen LogP) is 2.66. The smallest absolute Gasteiger partial charge is 0.488 e. The number of amides is 2.